The van der Waals surface area contributed by atoms with Crippen LogP contribution in [0.15, 0.2) is 37.0 Å². The Balaban J connectivity index is 2.55. The van der Waals surface area contributed by atoms with Crippen LogP contribution in [-0.4, -0.2) is 43.0 Å². The minimum Gasteiger partial charge on any atom is -0.465 e. The zero-order valence-electron chi connectivity index (χ0n) is 14.9. The van der Waals surface area contributed by atoms with Gasteiger partial charge in [0, 0.05) is 30.8 Å². The van der Waals surface area contributed by atoms with Gasteiger partial charge in [0.15, 0.2) is 0 Å². The minimum atomic E-state index is -0.990. The Bertz CT molecular complexity index is 692. The van der Waals surface area contributed by atoms with Gasteiger partial charge < -0.3 is 14.2 Å². The molecule has 140 valence electrons. The van der Waals surface area contributed by atoms with Crippen LogP contribution < -0.4 is 0 Å². The quantitative estimate of drug-likeness (QED) is 0.232. The molecule has 0 spiro atoms. The zero-order valence-corrected chi connectivity index (χ0v) is 14.9. The van der Waals surface area contributed by atoms with E-state index in [0.717, 1.165) is 0 Å². The largest absolute Gasteiger partial charge is 0.465 e. The van der Waals surface area contributed by atoms with Crippen LogP contribution in [0.5, 0.6) is 0 Å². The number of hydrogen-bond acceptors (Lipinski definition) is 7. The first-order valence-electron chi connectivity index (χ1n) is 8.14. The minimum absolute atomic E-state index is 0.117. The van der Waals surface area contributed by atoms with Crippen LogP contribution in [0.25, 0.3) is 0 Å². The highest BCUT2D eigenvalue weighted by molar-refractivity contribution is 5.91. The van der Waals surface area contributed by atoms with Gasteiger partial charge in [-0.25, -0.2) is 4.79 Å². The van der Waals surface area contributed by atoms with Crippen LogP contribution in [-0.2, 0) is 33.4 Å². The van der Waals surface area contributed by atoms with E-state index in [2.05, 4.69) is 19.7 Å². The van der Waals surface area contributed by atoms with Crippen molar-refractivity contribution in [2.75, 3.05) is 6.61 Å². The Labute approximate surface area is 151 Å². The monoisotopic (exact) mass is 362 g/mol. The Kier molecular flexibility index (Phi) is 5.49. The number of aldehydes is 1. The molecule has 5 atom stereocenters. The van der Waals surface area contributed by atoms with Gasteiger partial charge in [-0.05, 0) is 12.0 Å². The Hall–Kier alpha value is -2.70. The highest BCUT2D eigenvalue weighted by atomic mass is 16.6. The molecule has 1 saturated carbocycles. The van der Waals surface area contributed by atoms with Crippen LogP contribution in [0.4, 0.5) is 0 Å². The molecule has 0 radical (unpaired) electrons. The number of rotatable bonds is 6. The first-order chi connectivity index (χ1) is 12.2. The lowest BCUT2D eigenvalue weighted by Gasteiger charge is -2.48. The van der Waals surface area contributed by atoms with Gasteiger partial charge in [0.05, 0.1) is 5.92 Å². The van der Waals surface area contributed by atoms with E-state index in [1.165, 1.54) is 19.9 Å². The van der Waals surface area contributed by atoms with Gasteiger partial charge in [0.25, 0.3) is 0 Å². The topological polar surface area (TPSA) is 96.0 Å². The number of hydrogen-bond donors (Lipinski definition) is 0. The van der Waals surface area contributed by atoms with Crippen molar-refractivity contribution in [2.24, 2.45) is 17.3 Å². The fourth-order valence-corrected chi connectivity index (χ4v) is 3.91. The molecule has 2 rings (SSSR count). The lowest BCUT2D eigenvalue weighted by molar-refractivity contribution is -0.169. The number of ether oxygens (including phenoxy) is 3. The van der Waals surface area contributed by atoms with Crippen molar-refractivity contribution in [3.8, 4) is 0 Å². The second-order valence-electron chi connectivity index (χ2n) is 6.66. The normalized spacial score (nSPS) is 32.8. The van der Waals surface area contributed by atoms with E-state index in [9.17, 15) is 19.2 Å². The molecule has 0 aromatic heterocycles. The van der Waals surface area contributed by atoms with Gasteiger partial charge in [-0.3, -0.25) is 14.4 Å². The molecule has 26 heavy (non-hydrogen) atoms. The maximum absolute atomic E-state index is 12.1. The fraction of sp³-hybridized carbons (Fsp3) is 0.474. The maximum atomic E-state index is 12.1. The summed E-state index contributed by atoms with van der Waals surface area (Å²) >= 11 is 0. The average Bonchev–Trinajstić information content (AvgIpc) is 2.86. The van der Waals surface area contributed by atoms with Crippen molar-refractivity contribution in [3.63, 3.8) is 0 Å². The molecule has 7 heteroatoms. The van der Waals surface area contributed by atoms with Gasteiger partial charge in [0.2, 0.25) is 0 Å². The molecule has 0 aromatic rings. The molecular weight excluding hydrogens is 340 g/mol. The molecule has 1 saturated heterocycles. The predicted molar refractivity (Wildman–Crippen MR) is 90.6 cm³/mol. The molecule has 7 nitrogen and oxygen atoms in total. The van der Waals surface area contributed by atoms with E-state index in [0.29, 0.717) is 6.29 Å². The Morgan fingerprint density at radius 3 is 2.50 bits per heavy atom. The van der Waals surface area contributed by atoms with E-state index in [1.54, 1.807) is 0 Å². The Morgan fingerprint density at radius 1 is 1.35 bits per heavy atom. The number of esters is 3. The van der Waals surface area contributed by atoms with Gasteiger partial charge in [-0.1, -0.05) is 19.2 Å². The molecule has 1 aliphatic heterocycles. The van der Waals surface area contributed by atoms with E-state index in [4.69, 9.17) is 14.2 Å². The predicted octanol–water partition coefficient (Wildman–Crippen LogP) is 1.53. The van der Waals surface area contributed by atoms with Crippen LogP contribution in [0.2, 0.25) is 0 Å². The first kappa shape index (κ1) is 19.6. The number of fused-ring (bicyclic) bond motifs is 1. The van der Waals surface area contributed by atoms with Crippen molar-refractivity contribution in [1.82, 2.24) is 0 Å². The van der Waals surface area contributed by atoms with Crippen LogP contribution in [0, 0.1) is 17.3 Å². The second-order valence-corrected chi connectivity index (χ2v) is 6.66. The lowest BCUT2D eigenvalue weighted by atomic mass is 9.58. The summed E-state index contributed by atoms with van der Waals surface area (Å²) in [6, 6.07) is 0. The first-order valence-corrected chi connectivity index (χ1v) is 8.14. The summed E-state index contributed by atoms with van der Waals surface area (Å²) in [5, 5.41) is 0. The highest BCUT2D eigenvalue weighted by Crippen LogP contribution is 2.53. The standard InChI is InChI=1S/C19H22O7/c1-6-19(9-24-12(4)21)7-14(25-13(5)22)15-11(3)18(23)26-17(15)16(19)10(2)8-20/h6,8,14-17H,1-3,7,9H2,4-5H3/t14-,15+,16+,17-,19+/m0/s1. The third-order valence-electron chi connectivity index (χ3n) is 5.01. The summed E-state index contributed by atoms with van der Waals surface area (Å²) in [6.45, 7) is 13.7. The summed E-state index contributed by atoms with van der Waals surface area (Å²) in [5.74, 6) is -2.96. The van der Waals surface area contributed by atoms with E-state index >= 15 is 0 Å². The smallest absolute Gasteiger partial charge is 0.334 e. The van der Waals surface area contributed by atoms with Crippen molar-refractivity contribution >= 4 is 24.2 Å². The molecule has 1 heterocycles. The third-order valence-corrected chi connectivity index (χ3v) is 5.01. The van der Waals surface area contributed by atoms with E-state index in [1.807, 2.05) is 0 Å². The molecule has 2 aliphatic rings. The number of carbonyl (C=O) groups excluding carboxylic acids is 4. The number of carbonyl (C=O) groups is 4. The van der Waals surface area contributed by atoms with E-state index in [-0.39, 0.29) is 24.2 Å². The lowest BCUT2D eigenvalue weighted by Crippen LogP contribution is -2.54. The van der Waals surface area contributed by atoms with E-state index < -0.39 is 47.4 Å². The van der Waals surface area contributed by atoms with Crippen molar-refractivity contribution < 1.29 is 33.4 Å². The van der Waals surface area contributed by atoms with Crippen molar-refractivity contribution in [1.29, 1.82) is 0 Å². The summed E-state index contributed by atoms with van der Waals surface area (Å²) in [4.78, 5) is 46.5. The SMILES string of the molecule is C=C[C@]1(COC(C)=O)C[C@H](OC(C)=O)[C@H]2C(=C)C(=O)O[C@@H]2[C@H]1C(=C)C=O. The fourth-order valence-electron chi connectivity index (χ4n) is 3.91. The van der Waals surface area contributed by atoms with Crippen LogP contribution in [0.3, 0.4) is 0 Å². The second kappa shape index (κ2) is 7.27. The summed E-state index contributed by atoms with van der Waals surface area (Å²) < 4.78 is 16.0. The molecule has 0 amide bonds. The maximum Gasteiger partial charge on any atom is 0.334 e. The van der Waals surface area contributed by atoms with Crippen molar-refractivity contribution in [2.45, 2.75) is 32.5 Å². The average molecular weight is 362 g/mol. The molecule has 0 unspecified atom stereocenters. The highest BCUT2D eigenvalue weighted by Gasteiger charge is 2.60. The molecule has 1 aliphatic carbocycles. The van der Waals surface area contributed by atoms with Gasteiger partial charge in [-0.2, -0.15) is 0 Å². The summed E-state index contributed by atoms with van der Waals surface area (Å²) in [6.07, 6.45) is 0.740. The Morgan fingerprint density at radius 2 is 2.00 bits per heavy atom. The molecule has 0 aromatic carbocycles. The van der Waals surface area contributed by atoms with Gasteiger partial charge in [0.1, 0.15) is 25.1 Å². The summed E-state index contributed by atoms with van der Waals surface area (Å²) in [7, 11) is 0. The molecular formula is C19H22O7. The van der Waals surface area contributed by atoms with Crippen molar-refractivity contribution in [3.05, 3.63) is 37.0 Å². The molecule has 2 fully saturated rings. The van der Waals surface area contributed by atoms with Crippen LogP contribution >= 0.6 is 0 Å². The summed E-state index contributed by atoms with van der Waals surface area (Å²) in [5.41, 5.74) is -0.638. The molecule has 0 bridgehead atoms. The van der Waals surface area contributed by atoms with Gasteiger partial charge >= 0.3 is 17.9 Å². The van der Waals surface area contributed by atoms with Crippen LogP contribution in [0.1, 0.15) is 20.3 Å². The zero-order chi connectivity index (χ0) is 19.6. The van der Waals surface area contributed by atoms with Gasteiger partial charge in [-0.15, -0.1) is 6.58 Å². The molecule has 0 N–H and O–H groups in total. The third kappa shape index (κ3) is 3.34.